The number of methoxy groups -OCH3 is 1. The number of rotatable bonds is 4. The predicted octanol–water partition coefficient (Wildman–Crippen LogP) is 2.56. The van der Waals surface area contributed by atoms with E-state index in [4.69, 9.17) is 20.6 Å². The van der Waals surface area contributed by atoms with Crippen LogP contribution in [0.5, 0.6) is 5.75 Å². The van der Waals surface area contributed by atoms with Gasteiger partial charge >= 0.3 is 0 Å². The number of para-hydroxylation sites is 2. The summed E-state index contributed by atoms with van der Waals surface area (Å²) in [6, 6.07) is 9.35. The zero-order chi connectivity index (χ0) is 17.0. The second-order valence-corrected chi connectivity index (χ2v) is 5.65. The molecule has 1 heterocycles. The molecule has 2 rings (SSSR count). The van der Waals surface area contributed by atoms with Gasteiger partial charge in [0, 0.05) is 5.57 Å². The molecule has 0 amide bonds. The van der Waals surface area contributed by atoms with Crippen LogP contribution >= 0.6 is 0 Å². The molecular weight excluding hydrogens is 292 g/mol. The molecule has 0 atom stereocenters. The monoisotopic (exact) mass is 312 g/mol. The molecule has 23 heavy (non-hydrogen) atoms. The van der Waals surface area contributed by atoms with E-state index >= 15 is 0 Å². The normalized spacial score (nSPS) is 17.7. The fraction of sp³-hybridized carbons (Fsp3) is 0.294. The highest BCUT2D eigenvalue weighted by Gasteiger charge is 2.27. The van der Waals surface area contributed by atoms with E-state index in [2.05, 4.69) is 11.4 Å². The lowest BCUT2D eigenvalue weighted by atomic mass is 9.93. The van der Waals surface area contributed by atoms with Crippen LogP contribution in [0.4, 0.5) is 5.69 Å². The van der Waals surface area contributed by atoms with Crippen molar-refractivity contribution in [2.75, 3.05) is 19.0 Å². The molecule has 1 aromatic rings. The number of anilines is 1. The van der Waals surface area contributed by atoms with E-state index in [9.17, 15) is 5.26 Å². The molecule has 0 saturated carbocycles. The maximum atomic E-state index is 9.50. The quantitative estimate of drug-likeness (QED) is 0.741. The Morgan fingerprint density at radius 1 is 1.43 bits per heavy atom. The average molecular weight is 312 g/mol. The first-order chi connectivity index (χ1) is 10.9. The van der Waals surface area contributed by atoms with Gasteiger partial charge in [0.15, 0.2) is 0 Å². The first-order valence-corrected chi connectivity index (χ1v) is 7.13. The third kappa shape index (κ3) is 3.71. The van der Waals surface area contributed by atoms with Gasteiger partial charge in [0.2, 0.25) is 0 Å². The third-order valence-corrected chi connectivity index (χ3v) is 3.43. The van der Waals surface area contributed by atoms with E-state index < -0.39 is 5.60 Å². The van der Waals surface area contributed by atoms with Crippen molar-refractivity contribution in [2.24, 2.45) is 5.73 Å². The summed E-state index contributed by atoms with van der Waals surface area (Å²) >= 11 is 0. The van der Waals surface area contributed by atoms with Crippen LogP contribution in [0.25, 0.3) is 0 Å². The zero-order valence-electron chi connectivity index (χ0n) is 13.4. The maximum Gasteiger partial charge on any atom is 0.142 e. The van der Waals surface area contributed by atoms with Gasteiger partial charge in [-0.2, -0.15) is 5.26 Å². The Bertz CT molecular complexity index is 726. The minimum Gasteiger partial charge on any atom is -0.495 e. The average Bonchev–Trinajstić information content (AvgIpc) is 2.52. The van der Waals surface area contributed by atoms with Crippen LogP contribution in [-0.4, -0.2) is 25.0 Å². The van der Waals surface area contributed by atoms with Crippen molar-refractivity contribution in [1.82, 2.24) is 0 Å². The summed E-state index contributed by atoms with van der Waals surface area (Å²) in [7, 11) is 1.56. The van der Waals surface area contributed by atoms with Crippen molar-refractivity contribution in [3.63, 3.8) is 0 Å². The summed E-state index contributed by atoms with van der Waals surface area (Å²) in [6.07, 6.45) is 1.74. The lowest BCUT2D eigenvalue weighted by Gasteiger charge is -2.29. The molecule has 0 radical (unpaired) electrons. The second-order valence-electron chi connectivity index (χ2n) is 5.65. The number of nitrogens with two attached hydrogens (primary N) is 1. The van der Waals surface area contributed by atoms with Gasteiger partial charge in [-0.25, -0.2) is 0 Å². The van der Waals surface area contributed by atoms with Gasteiger partial charge < -0.3 is 25.9 Å². The molecule has 1 aliphatic rings. The fourth-order valence-electron chi connectivity index (χ4n) is 2.26. The molecule has 0 aliphatic carbocycles. The fourth-order valence-corrected chi connectivity index (χ4v) is 2.26. The smallest absolute Gasteiger partial charge is 0.142 e. The summed E-state index contributed by atoms with van der Waals surface area (Å²) in [4.78, 5) is 0. The Balaban J connectivity index is 2.42. The Hall–Kier alpha value is -2.78. The molecule has 0 spiro atoms. The van der Waals surface area contributed by atoms with Crippen LogP contribution in [0.15, 0.2) is 47.3 Å². The topological polar surface area (TPSA) is 104 Å². The minimum atomic E-state index is -0.549. The summed E-state index contributed by atoms with van der Waals surface area (Å²) in [5.74, 6) is 0.787. The second kappa shape index (κ2) is 6.55. The van der Waals surface area contributed by atoms with Crippen molar-refractivity contribution in [1.29, 1.82) is 10.7 Å². The van der Waals surface area contributed by atoms with Gasteiger partial charge in [-0.05, 0) is 32.1 Å². The number of nitrogens with zero attached hydrogens (tertiary/aromatic N) is 1. The van der Waals surface area contributed by atoms with E-state index in [0.717, 1.165) is 0 Å². The SMILES string of the molecule is COc1ccccc1N/C(N)=C(/C#N)C1=CC(C)(C)OCC1=N. The molecular formula is C17H20N4O2. The number of allylic oxidation sites excluding steroid dienone is 1. The Labute approximate surface area is 135 Å². The van der Waals surface area contributed by atoms with Crippen molar-refractivity contribution in [3.8, 4) is 11.8 Å². The van der Waals surface area contributed by atoms with Gasteiger partial charge in [-0.3, -0.25) is 0 Å². The number of hydrogen-bond acceptors (Lipinski definition) is 6. The highest BCUT2D eigenvalue weighted by atomic mass is 16.5. The first kappa shape index (κ1) is 16.6. The number of hydrogen-bond donors (Lipinski definition) is 3. The van der Waals surface area contributed by atoms with Crippen LogP contribution in [0, 0.1) is 16.7 Å². The third-order valence-electron chi connectivity index (χ3n) is 3.43. The number of nitriles is 1. The highest BCUT2D eigenvalue weighted by molar-refractivity contribution is 6.04. The predicted molar refractivity (Wildman–Crippen MR) is 89.3 cm³/mol. The van der Waals surface area contributed by atoms with Gasteiger partial charge in [0.25, 0.3) is 0 Å². The molecule has 1 aliphatic heterocycles. The molecule has 0 aromatic heterocycles. The van der Waals surface area contributed by atoms with E-state index in [0.29, 0.717) is 17.0 Å². The van der Waals surface area contributed by atoms with Crippen LogP contribution < -0.4 is 15.8 Å². The maximum absolute atomic E-state index is 9.50. The lowest BCUT2D eigenvalue weighted by Crippen LogP contribution is -2.33. The van der Waals surface area contributed by atoms with Gasteiger partial charge in [0.1, 0.15) is 23.2 Å². The van der Waals surface area contributed by atoms with Crippen LogP contribution in [0.3, 0.4) is 0 Å². The van der Waals surface area contributed by atoms with Crippen molar-refractivity contribution >= 4 is 11.4 Å². The van der Waals surface area contributed by atoms with Gasteiger partial charge in [-0.1, -0.05) is 12.1 Å². The molecule has 6 heteroatoms. The number of benzene rings is 1. The van der Waals surface area contributed by atoms with E-state index in [1.807, 2.05) is 26.0 Å². The van der Waals surface area contributed by atoms with Gasteiger partial charge in [-0.15, -0.1) is 0 Å². The molecule has 0 fully saturated rings. The van der Waals surface area contributed by atoms with Gasteiger partial charge in [0.05, 0.1) is 30.7 Å². The molecule has 0 unspecified atom stereocenters. The number of nitrogens with one attached hydrogen (secondary N) is 2. The summed E-state index contributed by atoms with van der Waals surface area (Å²) < 4.78 is 10.8. The first-order valence-electron chi connectivity index (χ1n) is 7.13. The molecule has 4 N–H and O–H groups in total. The largest absolute Gasteiger partial charge is 0.495 e. The van der Waals surface area contributed by atoms with E-state index in [-0.39, 0.29) is 23.7 Å². The van der Waals surface area contributed by atoms with Crippen molar-refractivity contribution in [2.45, 2.75) is 19.4 Å². The highest BCUT2D eigenvalue weighted by Crippen LogP contribution is 2.28. The van der Waals surface area contributed by atoms with Crippen molar-refractivity contribution < 1.29 is 9.47 Å². The molecule has 120 valence electrons. The number of ether oxygens (including phenoxy) is 2. The Kier molecular flexibility index (Phi) is 4.72. The summed E-state index contributed by atoms with van der Waals surface area (Å²) in [5.41, 5.74) is 7.12. The van der Waals surface area contributed by atoms with E-state index in [1.165, 1.54) is 0 Å². The summed E-state index contributed by atoms with van der Waals surface area (Å²) in [5, 5.41) is 20.5. The summed E-state index contributed by atoms with van der Waals surface area (Å²) in [6.45, 7) is 3.89. The van der Waals surface area contributed by atoms with E-state index in [1.54, 1.807) is 25.3 Å². The Morgan fingerprint density at radius 2 is 2.13 bits per heavy atom. The zero-order valence-corrected chi connectivity index (χ0v) is 13.4. The molecule has 0 saturated heterocycles. The Morgan fingerprint density at radius 3 is 2.78 bits per heavy atom. The molecule has 6 nitrogen and oxygen atoms in total. The van der Waals surface area contributed by atoms with Crippen LogP contribution in [0.1, 0.15) is 13.8 Å². The minimum absolute atomic E-state index is 0.145. The van der Waals surface area contributed by atoms with Crippen LogP contribution in [0.2, 0.25) is 0 Å². The van der Waals surface area contributed by atoms with Crippen molar-refractivity contribution in [3.05, 3.63) is 47.3 Å². The molecule has 0 bridgehead atoms. The standard InChI is InChI=1S/C17H20N4O2/c1-17(2)8-11(13(19)10-23-17)12(9-18)16(20)21-14-6-4-5-7-15(14)22-3/h4-8,19,21H,10,20H2,1-3H3/b16-12-,19-13?. The molecule has 1 aromatic carbocycles. The lowest BCUT2D eigenvalue weighted by molar-refractivity contribution is 0.0409. The van der Waals surface area contributed by atoms with Crippen LogP contribution in [-0.2, 0) is 4.74 Å².